The lowest BCUT2D eigenvalue weighted by molar-refractivity contribution is -0.167. The first-order valence-corrected chi connectivity index (χ1v) is 33.3. The van der Waals surface area contributed by atoms with Gasteiger partial charge in [0.2, 0.25) is 0 Å². The van der Waals surface area contributed by atoms with E-state index >= 15 is 0 Å². The zero-order valence-corrected chi connectivity index (χ0v) is 50.1. The van der Waals surface area contributed by atoms with Crippen LogP contribution in [0.25, 0.3) is 0 Å². The number of unbranched alkanes of at least 4 members (excludes halogenated alkanes) is 47. The predicted molar refractivity (Wildman–Crippen MR) is 321 cm³/mol. The van der Waals surface area contributed by atoms with Crippen LogP contribution in [0.1, 0.15) is 374 Å². The molecule has 0 aromatic carbocycles. The number of carbonyl (C=O) groups is 3. The predicted octanol–water partition coefficient (Wildman–Crippen LogP) is 22.6. The van der Waals surface area contributed by atoms with Crippen LogP contribution in [0, 0.1) is 0 Å². The van der Waals surface area contributed by atoms with Gasteiger partial charge in [0.05, 0.1) is 0 Å². The van der Waals surface area contributed by atoms with Crippen LogP contribution in [0.2, 0.25) is 0 Å². The first-order chi connectivity index (χ1) is 36.5. The van der Waals surface area contributed by atoms with Crippen molar-refractivity contribution in [2.75, 3.05) is 13.2 Å². The molecule has 6 heteroatoms. The molecule has 74 heavy (non-hydrogen) atoms. The van der Waals surface area contributed by atoms with Gasteiger partial charge < -0.3 is 14.2 Å². The highest BCUT2D eigenvalue weighted by atomic mass is 16.6. The van der Waals surface area contributed by atoms with Crippen molar-refractivity contribution in [1.82, 2.24) is 0 Å². The number of hydrogen-bond donors (Lipinski definition) is 0. The molecule has 0 rings (SSSR count). The van der Waals surface area contributed by atoms with Gasteiger partial charge in [0.1, 0.15) is 13.2 Å². The van der Waals surface area contributed by atoms with Crippen LogP contribution in [0.4, 0.5) is 0 Å². The largest absolute Gasteiger partial charge is 0.462 e. The molecule has 1 atom stereocenters. The van der Waals surface area contributed by atoms with Crippen LogP contribution in [0.5, 0.6) is 0 Å². The van der Waals surface area contributed by atoms with Crippen molar-refractivity contribution in [1.29, 1.82) is 0 Å². The van der Waals surface area contributed by atoms with E-state index in [1.807, 2.05) is 0 Å². The molecule has 0 aromatic heterocycles. The van der Waals surface area contributed by atoms with Crippen molar-refractivity contribution >= 4 is 17.9 Å². The number of ether oxygens (including phenoxy) is 3. The average Bonchev–Trinajstić information content (AvgIpc) is 3.40. The molecule has 1 unspecified atom stereocenters. The molecular weight excluding hydrogens is 913 g/mol. The Morgan fingerprint density at radius 3 is 0.743 bits per heavy atom. The second-order valence-corrected chi connectivity index (χ2v) is 22.7. The molecule has 0 radical (unpaired) electrons. The van der Waals surface area contributed by atoms with Crippen LogP contribution in [-0.2, 0) is 28.6 Å². The molecule has 0 aliphatic rings. The first-order valence-electron chi connectivity index (χ1n) is 33.3. The zero-order valence-electron chi connectivity index (χ0n) is 50.1. The molecule has 0 amide bonds. The Morgan fingerprint density at radius 2 is 0.486 bits per heavy atom. The van der Waals surface area contributed by atoms with Gasteiger partial charge in [0, 0.05) is 19.3 Å². The highest BCUT2D eigenvalue weighted by molar-refractivity contribution is 5.71. The van der Waals surface area contributed by atoms with Crippen molar-refractivity contribution in [3.8, 4) is 0 Å². The van der Waals surface area contributed by atoms with Gasteiger partial charge in [0.15, 0.2) is 6.10 Å². The second kappa shape index (κ2) is 63.4. The van der Waals surface area contributed by atoms with Gasteiger partial charge in [-0.05, 0) is 51.4 Å². The molecule has 0 aliphatic carbocycles. The summed E-state index contributed by atoms with van der Waals surface area (Å²) in [5, 5.41) is 0. The molecule has 0 aromatic rings. The molecule has 436 valence electrons. The fraction of sp³-hybridized carbons (Fsp3) is 0.897. The average molecular weight is 1040 g/mol. The summed E-state index contributed by atoms with van der Waals surface area (Å²) in [6.07, 6.45) is 76.1. The standard InChI is InChI=1S/C68H128O6/c1-4-7-10-13-16-19-22-25-28-30-32-34-36-37-40-43-46-49-52-55-58-61-67(70)73-64-65(63-72-66(69)60-57-54-51-48-45-42-39-27-24-21-18-15-12-9-6-3)74-68(71)62-59-56-53-50-47-44-41-38-35-33-31-29-26-23-20-17-14-11-8-5-2/h22,25,30,32,65H,4-21,23-24,26-29,31,33-64H2,1-3H3/b25-22-,32-30-. The van der Waals surface area contributed by atoms with Crippen molar-refractivity contribution in [2.24, 2.45) is 0 Å². The maximum atomic E-state index is 12.9. The van der Waals surface area contributed by atoms with Gasteiger partial charge in [-0.2, -0.15) is 0 Å². The van der Waals surface area contributed by atoms with Gasteiger partial charge in [-0.3, -0.25) is 14.4 Å². The molecular formula is C68H128O6. The smallest absolute Gasteiger partial charge is 0.306 e. The lowest BCUT2D eigenvalue weighted by Crippen LogP contribution is -2.30. The van der Waals surface area contributed by atoms with E-state index < -0.39 is 6.10 Å². The molecule has 0 saturated carbocycles. The third kappa shape index (κ3) is 60.8. The summed E-state index contributed by atoms with van der Waals surface area (Å²) in [7, 11) is 0. The Morgan fingerprint density at radius 1 is 0.270 bits per heavy atom. The summed E-state index contributed by atoms with van der Waals surface area (Å²) in [5.74, 6) is -0.839. The second-order valence-electron chi connectivity index (χ2n) is 22.7. The Kier molecular flexibility index (Phi) is 61.6. The van der Waals surface area contributed by atoms with E-state index in [2.05, 4.69) is 45.1 Å². The Bertz CT molecular complexity index is 1190. The van der Waals surface area contributed by atoms with Gasteiger partial charge in [-0.15, -0.1) is 0 Å². The van der Waals surface area contributed by atoms with Crippen LogP contribution >= 0.6 is 0 Å². The summed E-state index contributed by atoms with van der Waals surface area (Å²) in [6, 6.07) is 0. The summed E-state index contributed by atoms with van der Waals surface area (Å²) in [4.78, 5) is 38.4. The summed E-state index contributed by atoms with van der Waals surface area (Å²) < 4.78 is 17.0. The SMILES string of the molecule is CCCCCCC/C=C\C/C=C\CCCCCCCCCCCC(=O)OCC(COC(=O)CCCCCCCCCCCCCCCCC)OC(=O)CCCCCCCCCCCCCCCCCCCCCC. The van der Waals surface area contributed by atoms with Crippen LogP contribution in [0.3, 0.4) is 0 Å². The molecule has 0 heterocycles. The fourth-order valence-corrected chi connectivity index (χ4v) is 10.2. The van der Waals surface area contributed by atoms with Gasteiger partial charge in [-0.25, -0.2) is 0 Å². The van der Waals surface area contributed by atoms with E-state index in [4.69, 9.17) is 14.2 Å². The summed E-state index contributed by atoms with van der Waals surface area (Å²) in [5.41, 5.74) is 0. The third-order valence-electron chi connectivity index (χ3n) is 15.2. The highest BCUT2D eigenvalue weighted by Gasteiger charge is 2.19. The minimum Gasteiger partial charge on any atom is -0.462 e. The molecule has 0 saturated heterocycles. The van der Waals surface area contributed by atoms with Gasteiger partial charge in [-0.1, -0.05) is 328 Å². The molecule has 6 nitrogen and oxygen atoms in total. The van der Waals surface area contributed by atoms with E-state index in [1.165, 1.54) is 270 Å². The van der Waals surface area contributed by atoms with Crippen LogP contribution in [-0.4, -0.2) is 37.2 Å². The Labute approximate surface area is 462 Å². The normalized spacial score (nSPS) is 12.1. The fourth-order valence-electron chi connectivity index (χ4n) is 10.2. The van der Waals surface area contributed by atoms with E-state index in [0.717, 1.165) is 64.2 Å². The minimum atomic E-state index is -0.769. The van der Waals surface area contributed by atoms with Crippen LogP contribution < -0.4 is 0 Å². The first kappa shape index (κ1) is 71.9. The van der Waals surface area contributed by atoms with Crippen molar-refractivity contribution in [3.05, 3.63) is 24.3 Å². The maximum absolute atomic E-state index is 12.9. The summed E-state index contributed by atoms with van der Waals surface area (Å²) >= 11 is 0. The maximum Gasteiger partial charge on any atom is 0.306 e. The van der Waals surface area contributed by atoms with Crippen molar-refractivity contribution in [3.63, 3.8) is 0 Å². The van der Waals surface area contributed by atoms with Gasteiger partial charge >= 0.3 is 17.9 Å². The molecule has 0 aliphatic heterocycles. The monoisotopic (exact) mass is 1040 g/mol. The molecule has 0 N–H and O–H groups in total. The highest BCUT2D eigenvalue weighted by Crippen LogP contribution is 2.18. The van der Waals surface area contributed by atoms with Gasteiger partial charge in [0.25, 0.3) is 0 Å². The molecule has 0 fully saturated rings. The van der Waals surface area contributed by atoms with E-state index in [0.29, 0.717) is 19.3 Å². The molecule has 0 spiro atoms. The zero-order chi connectivity index (χ0) is 53.6. The van der Waals surface area contributed by atoms with E-state index in [9.17, 15) is 14.4 Å². The number of hydrogen-bond acceptors (Lipinski definition) is 6. The minimum absolute atomic E-state index is 0.0660. The summed E-state index contributed by atoms with van der Waals surface area (Å²) in [6.45, 7) is 6.71. The Balaban J connectivity index is 4.30. The van der Waals surface area contributed by atoms with E-state index in [-0.39, 0.29) is 31.1 Å². The number of carbonyl (C=O) groups excluding carboxylic acids is 3. The molecule has 0 bridgehead atoms. The quantitative estimate of drug-likeness (QED) is 0.0261. The van der Waals surface area contributed by atoms with Crippen molar-refractivity contribution < 1.29 is 28.6 Å². The number of rotatable bonds is 62. The third-order valence-corrected chi connectivity index (χ3v) is 15.2. The van der Waals surface area contributed by atoms with E-state index in [1.54, 1.807) is 0 Å². The lowest BCUT2D eigenvalue weighted by Gasteiger charge is -2.18. The van der Waals surface area contributed by atoms with Crippen LogP contribution in [0.15, 0.2) is 24.3 Å². The Hall–Kier alpha value is -2.11. The lowest BCUT2D eigenvalue weighted by atomic mass is 10.0. The topological polar surface area (TPSA) is 78.9 Å². The number of allylic oxidation sites excluding steroid dienone is 4. The van der Waals surface area contributed by atoms with Crippen molar-refractivity contribution in [2.45, 2.75) is 380 Å². The number of esters is 3.